The van der Waals surface area contributed by atoms with Gasteiger partial charge in [0, 0.05) is 12.2 Å². The summed E-state index contributed by atoms with van der Waals surface area (Å²) < 4.78 is 10.4. The molecule has 0 bridgehead atoms. The zero-order valence-electron chi connectivity index (χ0n) is 11.3. The Morgan fingerprint density at radius 1 is 1.45 bits per heavy atom. The number of aryl methyl sites for hydroxylation is 1. The Balaban J connectivity index is 1.89. The van der Waals surface area contributed by atoms with Crippen molar-refractivity contribution in [3.8, 4) is 0 Å². The van der Waals surface area contributed by atoms with Crippen LogP contribution in [0.4, 0.5) is 11.7 Å². The van der Waals surface area contributed by atoms with Gasteiger partial charge in [0.1, 0.15) is 6.26 Å². The van der Waals surface area contributed by atoms with Gasteiger partial charge in [-0.15, -0.1) is 0 Å². The molecule has 0 fully saturated rings. The second-order valence-electron chi connectivity index (χ2n) is 4.62. The van der Waals surface area contributed by atoms with E-state index in [9.17, 15) is 4.79 Å². The van der Waals surface area contributed by atoms with E-state index in [1.54, 1.807) is 6.92 Å². The Morgan fingerprint density at radius 2 is 2.30 bits per heavy atom. The number of oxazole rings is 1. The van der Waals surface area contributed by atoms with Crippen LogP contribution >= 0.6 is 0 Å². The lowest BCUT2D eigenvalue weighted by molar-refractivity contribution is 0.0519. The highest BCUT2D eigenvalue weighted by atomic mass is 16.5. The Hall–Kier alpha value is -2.30. The summed E-state index contributed by atoms with van der Waals surface area (Å²) in [5.41, 5.74) is 2.58. The van der Waals surface area contributed by atoms with E-state index in [2.05, 4.69) is 11.1 Å². The molecule has 0 saturated carbocycles. The number of carbonyl (C=O) groups excluding carboxylic acids is 1. The summed E-state index contributed by atoms with van der Waals surface area (Å²) in [5.74, 6) is -0.451. The number of hydrogen-bond acceptors (Lipinski definition) is 5. The van der Waals surface area contributed by atoms with Crippen molar-refractivity contribution in [3.05, 3.63) is 41.8 Å². The predicted octanol–water partition coefficient (Wildman–Crippen LogP) is 2.94. The zero-order valence-corrected chi connectivity index (χ0v) is 11.3. The van der Waals surface area contributed by atoms with Gasteiger partial charge in [0.15, 0.2) is 5.69 Å². The second-order valence-corrected chi connectivity index (χ2v) is 4.62. The Morgan fingerprint density at radius 3 is 3.15 bits per heavy atom. The molecule has 1 aliphatic heterocycles. The van der Waals surface area contributed by atoms with Gasteiger partial charge in [-0.05, 0) is 31.4 Å². The van der Waals surface area contributed by atoms with Crippen LogP contribution in [-0.2, 0) is 11.2 Å². The first-order chi connectivity index (χ1) is 9.79. The quantitative estimate of drug-likeness (QED) is 0.804. The zero-order chi connectivity index (χ0) is 13.9. The molecule has 20 heavy (non-hydrogen) atoms. The molecule has 0 radical (unpaired) electrons. The number of carbonyl (C=O) groups is 1. The van der Waals surface area contributed by atoms with Gasteiger partial charge in [-0.3, -0.25) is 4.90 Å². The summed E-state index contributed by atoms with van der Waals surface area (Å²) in [4.78, 5) is 17.9. The minimum Gasteiger partial charge on any atom is -0.461 e. The standard InChI is InChI=1S/C15H16N2O3/c1-2-19-14(18)12-10-20-15(16-12)17-9-5-7-11-6-3-4-8-13(11)17/h3-4,6,8,10H,2,5,7,9H2,1H3. The molecular weight excluding hydrogens is 256 g/mol. The molecule has 1 aromatic heterocycles. The van der Waals surface area contributed by atoms with E-state index < -0.39 is 5.97 Å². The molecule has 0 saturated heterocycles. The number of hydrogen-bond donors (Lipinski definition) is 0. The van der Waals surface area contributed by atoms with Crippen LogP contribution in [0.2, 0.25) is 0 Å². The minimum atomic E-state index is -0.451. The van der Waals surface area contributed by atoms with Crippen LogP contribution in [0.5, 0.6) is 0 Å². The van der Waals surface area contributed by atoms with Gasteiger partial charge in [-0.2, -0.15) is 4.98 Å². The number of ether oxygens (including phenoxy) is 1. The second kappa shape index (κ2) is 5.36. The summed E-state index contributed by atoms with van der Waals surface area (Å²) in [6, 6.07) is 8.62. The highest BCUT2D eigenvalue weighted by Crippen LogP contribution is 2.32. The van der Waals surface area contributed by atoms with Crippen molar-refractivity contribution in [2.45, 2.75) is 19.8 Å². The van der Waals surface area contributed by atoms with E-state index in [1.807, 2.05) is 23.1 Å². The van der Waals surface area contributed by atoms with E-state index in [0.717, 1.165) is 25.1 Å². The maximum Gasteiger partial charge on any atom is 0.360 e. The minimum absolute atomic E-state index is 0.213. The van der Waals surface area contributed by atoms with Crippen molar-refractivity contribution in [2.75, 3.05) is 18.1 Å². The molecule has 5 nitrogen and oxygen atoms in total. The van der Waals surface area contributed by atoms with E-state index in [1.165, 1.54) is 11.8 Å². The number of benzene rings is 1. The number of anilines is 2. The average molecular weight is 272 g/mol. The molecule has 0 unspecified atom stereocenters. The van der Waals surface area contributed by atoms with Crippen molar-refractivity contribution in [1.82, 2.24) is 4.98 Å². The third kappa shape index (κ3) is 2.27. The highest BCUT2D eigenvalue weighted by Gasteiger charge is 2.23. The van der Waals surface area contributed by atoms with Crippen molar-refractivity contribution in [3.63, 3.8) is 0 Å². The maximum atomic E-state index is 11.6. The number of nitrogens with zero attached hydrogens (tertiary/aromatic N) is 2. The first-order valence-electron chi connectivity index (χ1n) is 6.77. The first kappa shape index (κ1) is 12.7. The lowest BCUT2D eigenvalue weighted by Crippen LogP contribution is -2.24. The molecule has 104 valence electrons. The summed E-state index contributed by atoms with van der Waals surface area (Å²) in [6.07, 6.45) is 3.44. The molecule has 2 aromatic rings. The van der Waals surface area contributed by atoms with Gasteiger partial charge in [-0.1, -0.05) is 18.2 Å². The van der Waals surface area contributed by atoms with Gasteiger partial charge >= 0.3 is 12.0 Å². The number of esters is 1. The van der Waals surface area contributed by atoms with Gasteiger partial charge in [-0.25, -0.2) is 4.79 Å². The lowest BCUT2D eigenvalue weighted by Gasteiger charge is -2.27. The molecule has 5 heteroatoms. The maximum absolute atomic E-state index is 11.6. The van der Waals surface area contributed by atoms with Gasteiger partial charge in [0.25, 0.3) is 0 Å². The largest absolute Gasteiger partial charge is 0.461 e. The van der Waals surface area contributed by atoms with Crippen LogP contribution in [0.25, 0.3) is 0 Å². The lowest BCUT2D eigenvalue weighted by atomic mass is 10.0. The van der Waals surface area contributed by atoms with E-state index in [0.29, 0.717) is 12.6 Å². The summed E-state index contributed by atoms with van der Waals surface area (Å²) in [7, 11) is 0. The van der Waals surface area contributed by atoms with Gasteiger partial charge in [0.05, 0.1) is 6.61 Å². The van der Waals surface area contributed by atoms with Crippen molar-refractivity contribution in [1.29, 1.82) is 0 Å². The SMILES string of the molecule is CCOC(=O)c1coc(N2CCCc3ccccc32)n1. The number of fused-ring (bicyclic) bond motifs is 1. The Bertz CT molecular complexity index is 621. The highest BCUT2D eigenvalue weighted by molar-refractivity contribution is 5.87. The van der Waals surface area contributed by atoms with Crippen LogP contribution in [0.1, 0.15) is 29.4 Å². The first-order valence-corrected chi connectivity index (χ1v) is 6.77. The van der Waals surface area contributed by atoms with Crippen LogP contribution in [-0.4, -0.2) is 24.1 Å². The van der Waals surface area contributed by atoms with Crippen LogP contribution < -0.4 is 4.90 Å². The van der Waals surface area contributed by atoms with E-state index in [4.69, 9.17) is 9.15 Å². The van der Waals surface area contributed by atoms with Crippen molar-refractivity contribution >= 4 is 17.7 Å². The third-order valence-electron chi connectivity index (χ3n) is 3.32. The summed E-state index contributed by atoms with van der Waals surface area (Å²) in [6.45, 7) is 2.92. The Labute approximate surface area is 117 Å². The fourth-order valence-electron chi connectivity index (χ4n) is 2.42. The fraction of sp³-hybridized carbons (Fsp3) is 0.333. The number of rotatable bonds is 3. The van der Waals surface area contributed by atoms with Crippen LogP contribution in [0.15, 0.2) is 34.9 Å². The average Bonchev–Trinajstić information content (AvgIpc) is 2.97. The van der Waals surface area contributed by atoms with Gasteiger partial charge < -0.3 is 9.15 Å². The number of aromatic nitrogens is 1. The smallest absolute Gasteiger partial charge is 0.360 e. The normalized spacial score (nSPS) is 13.9. The summed E-state index contributed by atoms with van der Waals surface area (Å²) in [5, 5.41) is 0. The van der Waals surface area contributed by atoms with Gasteiger partial charge in [0.2, 0.25) is 0 Å². The predicted molar refractivity (Wildman–Crippen MR) is 74.2 cm³/mol. The molecule has 0 amide bonds. The van der Waals surface area contributed by atoms with Crippen molar-refractivity contribution < 1.29 is 13.9 Å². The molecule has 3 rings (SSSR count). The molecule has 1 aromatic carbocycles. The molecule has 0 N–H and O–H groups in total. The Kier molecular flexibility index (Phi) is 3.41. The molecule has 0 aliphatic carbocycles. The molecule has 2 heterocycles. The molecular formula is C15H16N2O3. The van der Waals surface area contributed by atoms with Crippen molar-refractivity contribution in [2.24, 2.45) is 0 Å². The topological polar surface area (TPSA) is 55.6 Å². The van der Waals surface area contributed by atoms with Crippen LogP contribution in [0.3, 0.4) is 0 Å². The molecule has 0 spiro atoms. The fourth-order valence-corrected chi connectivity index (χ4v) is 2.42. The summed E-state index contributed by atoms with van der Waals surface area (Å²) >= 11 is 0. The number of para-hydroxylation sites is 1. The monoisotopic (exact) mass is 272 g/mol. The van der Waals surface area contributed by atoms with E-state index >= 15 is 0 Å². The van der Waals surface area contributed by atoms with Crippen LogP contribution in [0, 0.1) is 0 Å². The van der Waals surface area contributed by atoms with E-state index in [-0.39, 0.29) is 5.69 Å². The molecule has 0 atom stereocenters. The third-order valence-corrected chi connectivity index (χ3v) is 3.32. The molecule has 1 aliphatic rings.